The first-order valence-corrected chi connectivity index (χ1v) is 11.9. The van der Waals surface area contributed by atoms with Gasteiger partial charge in [0.1, 0.15) is 5.82 Å². The monoisotopic (exact) mass is 448 g/mol. The second-order valence-electron chi connectivity index (χ2n) is 7.95. The second kappa shape index (κ2) is 8.27. The van der Waals surface area contributed by atoms with Gasteiger partial charge in [0.05, 0.1) is 21.2 Å². The van der Waals surface area contributed by atoms with E-state index in [0.29, 0.717) is 45.5 Å². The van der Waals surface area contributed by atoms with Gasteiger partial charge in [0.15, 0.2) is 0 Å². The molecule has 2 aromatic carbocycles. The fourth-order valence-electron chi connectivity index (χ4n) is 3.67. The zero-order valence-electron chi connectivity index (χ0n) is 17.4. The van der Waals surface area contributed by atoms with Crippen LogP contribution in [0.25, 0.3) is 28.0 Å². The van der Waals surface area contributed by atoms with Crippen molar-refractivity contribution >= 4 is 27.6 Å². The molecule has 5 rings (SSSR count). The maximum absolute atomic E-state index is 14.1. The predicted molar refractivity (Wildman–Crippen MR) is 122 cm³/mol. The lowest BCUT2D eigenvalue weighted by molar-refractivity contribution is 0.0952. The Morgan fingerprint density at radius 2 is 1.94 bits per heavy atom. The van der Waals surface area contributed by atoms with E-state index in [1.807, 2.05) is 6.07 Å². The molecule has 1 N–H and O–H groups in total. The molecule has 0 saturated heterocycles. The maximum atomic E-state index is 14.1. The van der Waals surface area contributed by atoms with Gasteiger partial charge in [0.25, 0.3) is 5.91 Å². The fourth-order valence-corrected chi connectivity index (χ4v) is 4.41. The molecule has 1 aliphatic rings. The second-order valence-corrected chi connectivity index (χ2v) is 9.30. The number of carbonyl (C=O) groups is 1. The highest BCUT2D eigenvalue weighted by molar-refractivity contribution is 7.84. The highest BCUT2D eigenvalue weighted by atomic mass is 32.2. The number of nitrogens with one attached hydrogen (secondary N) is 1. The first kappa shape index (κ1) is 20.5. The molecule has 2 aromatic heterocycles. The lowest BCUT2D eigenvalue weighted by Gasteiger charge is -2.08. The molecule has 2 heterocycles. The van der Waals surface area contributed by atoms with E-state index in [9.17, 15) is 13.4 Å². The van der Waals surface area contributed by atoms with E-state index >= 15 is 0 Å². The Kier molecular flexibility index (Phi) is 5.30. The largest absolute Gasteiger partial charge is 0.352 e. The summed E-state index contributed by atoms with van der Waals surface area (Å²) in [4.78, 5) is 22.1. The number of aromatic nitrogens is 3. The molecule has 32 heavy (non-hydrogen) atoms. The Morgan fingerprint density at radius 3 is 2.62 bits per heavy atom. The van der Waals surface area contributed by atoms with E-state index in [-0.39, 0.29) is 11.7 Å². The zero-order chi connectivity index (χ0) is 22.2. The predicted octanol–water partition coefficient (Wildman–Crippen LogP) is 4.10. The summed E-state index contributed by atoms with van der Waals surface area (Å²) in [7, 11) is -1.24. The van der Waals surface area contributed by atoms with Crippen LogP contribution < -0.4 is 5.32 Å². The normalized spacial score (nSPS) is 14.4. The van der Waals surface area contributed by atoms with E-state index in [1.165, 1.54) is 6.07 Å². The van der Waals surface area contributed by atoms with Crippen LogP contribution in [0.3, 0.4) is 0 Å². The van der Waals surface area contributed by atoms with Crippen molar-refractivity contribution < 1.29 is 13.4 Å². The molecular weight excluding hydrogens is 427 g/mol. The van der Waals surface area contributed by atoms with Gasteiger partial charge in [-0.2, -0.15) is 0 Å². The van der Waals surface area contributed by atoms with Gasteiger partial charge in [-0.1, -0.05) is 24.3 Å². The summed E-state index contributed by atoms with van der Waals surface area (Å²) in [5, 5.41) is 3.74. The van der Waals surface area contributed by atoms with Gasteiger partial charge in [-0.25, -0.2) is 14.4 Å². The molecule has 1 fully saturated rings. The molecule has 6 nitrogen and oxygen atoms in total. The Hall–Kier alpha value is -3.39. The van der Waals surface area contributed by atoms with Crippen LogP contribution in [0.4, 0.5) is 4.39 Å². The van der Waals surface area contributed by atoms with Crippen LogP contribution in [0.2, 0.25) is 0 Å². The standard InChI is InChI=1S/C24H21FN4O2S/c1-32(31)22-14-29(24-27-12-17(13-28-24)18-4-2-3-5-20(18)25)21-10-16(8-9-19(21)22)23(30)26-11-15-6-7-15/h2-5,8-10,12-15H,6-7,11H2,1H3,(H,26,30). The number of hydrogen-bond acceptors (Lipinski definition) is 4. The van der Waals surface area contributed by atoms with E-state index in [0.717, 1.165) is 18.2 Å². The summed E-state index contributed by atoms with van der Waals surface area (Å²) < 4.78 is 28.1. The topological polar surface area (TPSA) is 76.9 Å². The minimum atomic E-state index is -1.24. The number of hydrogen-bond donors (Lipinski definition) is 1. The summed E-state index contributed by atoms with van der Waals surface area (Å²) in [5.74, 6) is 0.451. The van der Waals surface area contributed by atoms with Crippen molar-refractivity contribution in [3.8, 4) is 17.1 Å². The molecule has 1 unspecified atom stereocenters. The summed E-state index contributed by atoms with van der Waals surface area (Å²) >= 11 is 0. The van der Waals surface area contributed by atoms with E-state index in [2.05, 4.69) is 15.3 Å². The first-order chi connectivity index (χ1) is 15.5. The summed E-state index contributed by atoms with van der Waals surface area (Å²) in [6.07, 6.45) is 8.77. The number of halogens is 1. The van der Waals surface area contributed by atoms with Crippen molar-refractivity contribution in [2.24, 2.45) is 5.92 Å². The van der Waals surface area contributed by atoms with Crippen molar-refractivity contribution in [2.45, 2.75) is 17.7 Å². The average molecular weight is 449 g/mol. The molecule has 1 aliphatic carbocycles. The summed E-state index contributed by atoms with van der Waals surface area (Å²) in [5.41, 5.74) is 2.19. The Bertz CT molecular complexity index is 1350. The van der Waals surface area contributed by atoms with Crippen LogP contribution in [-0.2, 0) is 10.8 Å². The highest BCUT2D eigenvalue weighted by Gasteiger charge is 2.22. The van der Waals surface area contributed by atoms with Gasteiger partial charge in [-0.05, 0) is 37.0 Å². The third-order valence-corrected chi connectivity index (χ3v) is 6.57. The zero-order valence-corrected chi connectivity index (χ0v) is 18.2. The van der Waals surface area contributed by atoms with Gasteiger partial charge in [0.2, 0.25) is 5.95 Å². The first-order valence-electron chi connectivity index (χ1n) is 10.4. The van der Waals surface area contributed by atoms with Gasteiger partial charge in [-0.3, -0.25) is 13.6 Å². The average Bonchev–Trinajstić information content (AvgIpc) is 3.56. The molecule has 1 saturated carbocycles. The van der Waals surface area contributed by atoms with Crippen LogP contribution in [0.15, 0.2) is 66.0 Å². The van der Waals surface area contributed by atoms with Crippen LogP contribution in [-0.4, -0.2) is 37.5 Å². The molecule has 0 spiro atoms. The Morgan fingerprint density at radius 1 is 1.19 bits per heavy atom. The molecule has 1 atom stereocenters. The van der Waals surface area contributed by atoms with Crippen LogP contribution in [0.1, 0.15) is 23.2 Å². The number of carbonyl (C=O) groups excluding carboxylic acids is 1. The molecule has 0 radical (unpaired) electrons. The Balaban J connectivity index is 1.54. The van der Waals surface area contributed by atoms with E-state index in [1.54, 1.807) is 59.7 Å². The highest BCUT2D eigenvalue weighted by Crippen LogP contribution is 2.29. The molecule has 4 aromatic rings. The SMILES string of the molecule is CS(=O)c1cn(-c2ncc(-c3ccccc3F)cn2)c2cc(C(=O)NCC3CC3)ccc12. The smallest absolute Gasteiger partial charge is 0.251 e. The maximum Gasteiger partial charge on any atom is 0.251 e. The fraction of sp³-hybridized carbons (Fsp3) is 0.208. The number of fused-ring (bicyclic) bond motifs is 1. The van der Waals surface area contributed by atoms with Crippen molar-refractivity contribution in [2.75, 3.05) is 12.8 Å². The number of nitrogens with zero attached hydrogens (tertiary/aromatic N) is 3. The number of amides is 1. The quantitative estimate of drug-likeness (QED) is 0.482. The molecule has 0 bridgehead atoms. The van der Waals surface area contributed by atoms with Gasteiger partial charge in [0, 0.05) is 53.5 Å². The van der Waals surface area contributed by atoms with Crippen molar-refractivity contribution in [3.63, 3.8) is 0 Å². The minimum absolute atomic E-state index is 0.137. The lowest BCUT2D eigenvalue weighted by Crippen LogP contribution is -2.25. The summed E-state index contributed by atoms with van der Waals surface area (Å²) in [6, 6.07) is 11.8. The van der Waals surface area contributed by atoms with E-state index < -0.39 is 10.8 Å². The molecule has 162 valence electrons. The number of rotatable bonds is 6. The molecule has 8 heteroatoms. The van der Waals surface area contributed by atoms with Crippen LogP contribution in [0.5, 0.6) is 0 Å². The number of benzene rings is 2. The van der Waals surface area contributed by atoms with Gasteiger partial charge in [-0.15, -0.1) is 0 Å². The third kappa shape index (κ3) is 3.93. The van der Waals surface area contributed by atoms with Crippen molar-refractivity contribution in [3.05, 3.63) is 72.4 Å². The third-order valence-electron chi connectivity index (χ3n) is 5.63. The minimum Gasteiger partial charge on any atom is -0.352 e. The lowest BCUT2D eigenvalue weighted by atomic mass is 10.1. The molecule has 1 amide bonds. The van der Waals surface area contributed by atoms with E-state index in [4.69, 9.17) is 0 Å². The molecular formula is C24H21FN4O2S. The van der Waals surface area contributed by atoms with Crippen LogP contribution >= 0.6 is 0 Å². The van der Waals surface area contributed by atoms with Crippen molar-refractivity contribution in [1.82, 2.24) is 19.9 Å². The molecule has 0 aliphatic heterocycles. The summed E-state index contributed by atoms with van der Waals surface area (Å²) in [6.45, 7) is 0.683. The van der Waals surface area contributed by atoms with Gasteiger partial charge < -0.3 is 5.32 Å². The Labute approximate surface area is 187 Å². The van der Waals surface area contributed by atoms with Crippen LogP contribution in [0, 0.1) is 11.7 Å². The van der Waals surface area contributed by atoms with Gasteiger partial charge >= 0.3 is 0 Å². The van der Waals surface area contributed by atoms with Crippen molar-refractivity contribution in [1.29, 1.82) is 0 Å².